The Kier molecular flexibility index (Phi) is 3.29. The molecule has 0 spiro atoms. The minimum Gasteiger partial charge on any atom is -0.397 e. The van der Waals surface area contributed by atoms with E-state index in [0.29, 0.717) is 36.3 Å². The Bertz CT molecular complexity index is 685. The van der Waals surface area contributed by atoms with Gasteiger partial charge in [-0.15, -0.1) is 0 Å². The molecule has 0 saturated carbocycles. The number of benzene rings is 1. The standard InChI is InChI=1S/C13H16N4O3/c14-10-3-9-11(15-7-16-13(9)19)4-12(10)17-1-2-20-8(5-17)6-18/h3-4,7-8,18H,1-2,5-6,14H2,(H,15,16,19). The highest BCUT2D eigenvalue weighted by atomic mass is 16.5. The van der Waals surface area contributed by atoms with E-state index < -0.39 is 0 Å². The van der Waals surface area contributed by atoms with Crippen molar-refractivity contribution in [2.75, 3.05) is 36.9 Å². The average molecular weight is 276 g/mol. The molecule has 0 amide bonds. The number of nitrogens with zero attached hydrogens (tertiary/aromatic N) is 2. The number of anilines is 2. The van der Waals surface area contributed by atoms with Gasteiger partial charge in [0.2, 0.25) is 0 Å². The first-order chi connectivity index (χ1) is 9.69. The van der Waals surface area contributed by atoms with E-state index in [4.69, 9.17) is 10.5 Å². The summed E-state index contributed by atoms with van der Waals surface area (Å²) in [5.41, 5.74) is 7.78. The van der Waals surface area contributed by atoms with Gasteiger partial charge in [0.05, 0.1) is 47.9 Å². The van der Waals surface area contributed by atoms with E-state index in [1.165, 1.54) is 6.33 Å². The first-order valence-corrected chi connectivity index (χ1v) is 6.43. The number of hydrogen-bond acceptors (Lipinski definition) is 6. The molecule has 1 unspecified atom stereocenters. The van der Waals surface area contributed by atoms with Gasteiger partial charge in [-0.25, -0.2) is 4.98 Å². The van der Waals surface area contributed by atoms with E-state index in [1.54, 1.807) is 12.1 Å². The molecule has 7 nitrogen and oxygen atoms in total. The van der Waals surface area contributed by atoms with Crippen LogP contribution in [0, 0.1) is 0 Å². The van der Waals surface area contributed by atoms with Crippen molar-refractivity contribution in [1.82, 2.24) is 9.97 Å². The summed E-state index contributed by atoms with van der Waals surface area (Å²) in [7, 11) is 0. The van der Waals surface area contributed by atoms with Gasteiger partial charge < -0.3 is 25.5 Å². The van der Waals surface area contributed by atoms with Crippen molar-refractivity contribution in [2.45, 2.75) is 6.10 Å². The number of ether oxygens (including phenoxy) is 1. The number of H-pyrrole nitrogens is 1. The van der Waals surface area contributed by atoms with Crippen LogP contribution in [0.5, 0.6) is 0 Å². The highest BCUT2D eigenvalue weighted by Gasteiger charge is 2.22. The maximum absolute atomic E-state index is 11.7. The zero-order valence-electron chi connectivity index (χ0n) is 10.9. The quantitative estimate of drug-likeness (QED) is 0.651. The van der Waals surface area contributed by atoms with E-state index in [1.807, 2.05) is 4.90 Å². The van der Waals surface area contributed by atoms with Crippen LogP contribution in [0.2, 0.25) is 0 Å². The normalized spacial score (nSPS) is 19.4. The number of nitrogens with two attached hydrogens (primary N) is 1. The number of nitrogen functional groups attached to an aromatic ring is 1. The molecule has 1 aromatic heterocycles. The number of aromatic amines is 1. The molecule has 1 aromatic carbocycles. The third kappa shape index (κ3) is 2.21. The molecule has 2 heterocycles. The van der Waals surface area contributed by atoms with E-state index in [-0.39, 0.29) is 18.3 Å². The molecule has 1 fully saturated rings. The zero-order chi connectivity index (χ0) is 14.1. The smallest absolute Gasteiger partial charge is 0.258 e. The molecule has 20 heavy (non-hydrogen) atoms. The summed E-state index contributed by atoms with van der Waals surface area (Å²) in [6, 6.07) is 3.44. The Morgan fingerprint density at radius 2 is 2.40 bits per heavy atom. The predicted molar refractivity (Wildman–Crippen MR) is 75.8 cm³/mol. The maximum atomic E-state index is 11.7. The molecule has 1 aliphatic heterocycles. The lowest BCUT2D eigenvalue weighted by Crippen LogP contribution is -2.44. The van der Waals surface area contributed by atoms with Crippen molar-refractivity contribution in [2.24, 2.45) is 0 Å². The maximum Gasteiger partial charge on any atom is 0.258 e. The molecule has 3 rings (SSSR count). The first kappa shape index (κ1) is 12.9. The van der Waals surface area contributed by atoms with Gasteiger partial charge in [-0.2, -0.15) is 0 Å². The number of morpholine rings is 1. The van der Waals surface area contributed by atoms with Gasteiger partial charge in [-0.1, -0.05) is 0 Å². The number of aliphatic hydroxyl groups is 1. The van der Waals surface area contributed by atoms with Gasteiger partial charge in [0.1, 0.15) is 0 Å². The average Bonchev–Trinajstić information content (AvgIpc) is 2.48. The first-order valence-electron chi connectivity index (χ1n) is 6.43. The Balaban J connectivity index is 2.03. The van der Waals surface area contributed by atoms with Gasteiger partial charge in [-0.3, -0.25) is 4.79 Å². The van der Waals surface area contributed by atoms with Crippen molar-refractivity contribution in [3.63, 3.8) is 0 Å². The minimum atomic E-state index is -0.217. The highest BCUT2D eigenvalue weighted by molar-refractivity contribution is 5.88. The third-order valence-corrected chi connectivity index (χ3v) is 3.47. The fourth-order valence-electron chi connectivity index (χ4n) is 2.44. The lowest BCUT2D eigenvalue weighted by molar-refractivity contribution is 0.00361. The molecule has 1 atom stereocenters. The number of aliphatic hydroxyl groups excluding tert-OH is 1. The van der Waals surface area contributed by atoms with Gasteiger partial charge in [0, 0.05) is 13.1 Å². The topological polar surface area (TPSA) is 104 Å². The van der Waals surface area contributed by atoms with Crippen LogP contribution in [0.4, 0.5) is 11.4 Å². The van der Waals surface area contributed by atoms with Crippen molar-refractivity contribution in [1.29, 1.82) is 0 Å². The predicted octanol–water partition coefficient (Wildman–Crippen LogP) is -0.297. The van der Waals surface area contributed by atoms with Crippen LogP contribution >= 0.6 is 0 Å². The molecular weight excluding hydrogens is 260 g/mol. The fourth-order valence-corrected chi connectivity index (χ4v) is 2.44. The van der Waals surface area contributed by atoms with Crippen molar-refractivity contribution in [3.05, 3.63) is 28.8 Å². The molecule has 106 valence electrons. The Hall–Kier alpha value is -2.12. The molecule has 7 heteroatoms. The second-order valence-corrected chi connectivity index (χ2v) is 4.78. The molecule has 0 bridgehead atoms. The van der Waals surface area contributed by atoms with E-state index >= 15 is 0 Å². The molecule has 1 saturated heterocycles. The van der Waals surface area contributed by atoms with Gasteiger partial charge in [-0.05, 0) is 12.1 Å². The summed E-state index contributed by atoms with van der Waals surface area (Å²) in [4.78, 5) is 20.4. The van der Waals surface area contributed by atoms with Gasteiger partial charge in [0.15, 0.2) is 0 Å². The second-order valence-electron chi connectivity index (χ2n) is 4.78. The third-order valence-electron chi connectivity index (χ3n) is 3.47. The largest absolute Gasteiger partial charge is 0.397 e. The van der Waals surface area contributed by atoms with E-state index in [9.17, 15) is 9.90 Å². The summed E-state index contributed by atoms with van der Waals surface area (Å²) >= 11 is 0. The molecule has 2 aromatic rings. The van der Waals surface area contributed by atoms with Crippen LogP contribution in [0.3, 0.4) is 0 Å². The summed E-state index contributed by atoms with van der Waals surface area (Å²) < 4.78 is 5.42. The molecule has 0 aliphatic carbocycles. The van der Waals surface area contributed by atoms with E-state index in [2.05, 4.69) is 9.97 Å². The van der Waals surface area contributed by atoms with Crippen molar-refractivity contribution >= 4 is 22.3 Å². The van der Waals surface area contributed by atoms with E-state index in [0.717, 1.165) is 5.69 Å². The summed E-state index contributed by atoms with van der Waals surface area (Å²) in [5, 5.41) is 9.67. The monoisotopic (exact) mass is 276 g/mol. The van der Waals surface area contributed by atoms with Crippen LogP contribution in [-0.2, 0) is 4.74 Å². The number of fused-ring (bicyclic) bond motifs is 1. The van der Waals surface area contributed by atoms with Gasteiger partial charge in [0.25, 0.3) is 5.56 Å². The Labute approximate surface area is 115 Å². The molecule has 1 aliphatic rings. The fraction of sp³-hybridized carbons (Fsp3) is 0.385. The van der Waals surface area contributed by atoms with Crippen LogP contribution in [0.25, 0.3) is 10.9 Å². The number of nitrogens with one attached hydrogen (secondary N) is 1. The van der Waals surface area contributed by atoms with Crippen molar-refractivity contribution in [3.8, 4) is 0 Å². The molecular formula is C13H16N4O3. The molecule has 0 radical (unpaired) electrons. The number of rotatable bonds is 2. The second kappa shape index (κ2) is 5.10. The van der Waals surface area contributed by atoms with Crippen LogP contribution in [0.15, 0.2) is 23.3 Å². The number of hydrogen-bond donors (Lipinski definition) is 3. The van der Waals surface area contributed by atoms with Gasteiger partial charge >= 0.3 is 0 Å². The number of aromatic nitrogens is 2. The van der Waals surface area contributed by atoms with Crippen LogP contribution in [0.1, 0.15) is 0 Å². The summed E-state index contributed by atoms with van der Waals surface area (Å²) in [6.45, 7) is 1.76. The van der Waals surface area contributed by atoms with Crippen molar-refractivity contribution < 1.29 is 9.84 Å². The Morgan fingerprint density at radius 3 is 3.20 bits per heavy atom. The zero-order valence-corrected chi connectivity index (χ0v) is 10.9. The van der Waals surface area contributed by atoms with Crippen LogP contribution < -0.4 is 16.2 Å². The van der Waals surface area contributed by atoms with Crippen LogP contribution in [-0.4, -0.2) is 47.5 Å². The summed E-state index contributed by atoms with van der Waals surface area (Å²) in [6.07, 6.45) is 1.16. The highest BCUT2D eigenvalue weighted by Crippen LogP contribution is 2.28. The summed E-state index contributed by atoms with van der Waals surface area (Å²) in [5.74, 6) is 0. The SMILES string of the molecule is Nc1cc2c(=O)[nH]cnc2cc1N1CCOC(CO)C1. The lowest BCUT2D eigenvalue weighted by Gasteiger charge is -2.34. The Morgan fingerprint density at radius 1 is 1.55 bits per heavy atom. The lowest BCUT2D eigenvalue weighted by atomic mass is 10.1. The minimum absolute atomic E-state index is 0.0259. The molecule has 4 N–H and O–H groups in total.